The summed E-state index contributed by atoms with van der Waals surface area (Å²) in [5, 5.41) is 2.57. The standard InChI is InChI=1S/C44H40/c1-42(2,3)33-17-21-37-36-20-16-32(25-40(36)44(6,7)41(37)26-33)31-15-19-35-34-18-14-30(23-38(34)43(4,5)39(35)24-31)29-13-12-27-10-8-9-11-28(27)22-29/h8-26H,1-7H3. The Hall–Kier alpha value is -4.42. The van der Waals surface area contributed by atoms with Gasteiger partial charge >= 0.3 is 0 Å². The molecule has 0 N–H and O–H groups in total. The predicted octanol–water partition coefficient (Wildman–Crippen LogP) is 12.1. The molecule has 0 radical (unpaired) electrons. The average Bonchev–Trinajstić information content (AvgIpc) is 3.38. The van der Waals surface area contributed by atoms with Gasteiger partial charge in [-0.1, -0.05) is 139 Å². The van der Waals surface area contributed by atoms with E-state index in [-0.39, 0.29) is 16.2 Å². The van der Waals surface area contributed by atoms with Gasteiger partial charge in [0.25, 0.3) is 0 Å². The van der Waals surface area contributed by atoms with Crippen LogP contribution in [-0.4, -0.2) is 0 Å². The van der Waals surface area contributed by atoms with Crippen molar-refractivity contribution in [2.45, 2.75) is 64.7 Å². The van der Waals surface area contributed by atoms with Crippen molar-refractivity contribution in [3.63, 3.8) is 0 Å². The Kier molecular flexibility index (Phi) is 5.59. The molecule has 0 amide bonds. The molecule has 0 unspecified atom stereocenters. The molecule has 2 aliphatic rings. The molecule has 0 atom stereocenters. The van der Waals surface area contributed by atoms with Gasteiger partial charge in [0, 0.05) is 10.8 Å². The Balaban J connectivity index is 1.17. The molecular weight excluding hydrogens is 528 g/mol. The molecule has 0 nitrogen and oxygen atoms in total. The van der Waals surface area contributed by atoms with Gasteiger partial charge in [-0.15, -0.1) is 0 Å². The zero-order chi connectivity index (χ0) is 30.6. The van der Waals surface area contributed by atoms with E-state index in [9.17, 15) is 0 Å². The molecule has 0 heteroatoms. The summed E-state index contributed by atoms with van der Waals surface area (Å²) in [6.07, 6.45) is 0. The van der Waals surface area contributed by atoms with Crippen LogP contribution in [-0.2, 0) is 16.2 Å². The number of rotatable bonds is 2. The molecule has 0 saturated heterocycles. The molecule has 0 saturated carbocycles. The Bertz CT molecular complexity index is 2140. The van der Waals surface area contributed by atoms with Crippen LogP contribution >= 0.6 is 0 Å². The molecule has 8 rings (SSSR count). The monoisotopic (exact) mass is 568 g/mol. The van der Waals surface area contributed by atoms with E-state index in [1.54, 1.807) is 0 Å². The fourth-order valence-electron chi connectivity index (χ4n) is 7.85. The minimum absolute atomic E-state index is 0.0344. The van der Waals surface area contributed by atoms with Gasteiger partial charge in [-0.25, -0.2) is 0 Å². The highest BCUT2D eigenvalue weighted by molar-refractivity contribution is 5.90. The SMILES string of the molecule is CC(C)(C)c1ccc2c(c1)C(C)(C)c1cc(-c3ccc4c(c3)C(C)(C)c3cc(-c5ccc6ccccc6c5)ccc3-4)ccc1-2. The van der Waals surface area contributed by atoms with Crippen LogP contribution in [0.5, 0.6) is 0 Å². The lowest BCUT2D eigenvalue weighted by Gasteiger charge is -2.25. The van der Waals surface area contributed by atoms with Crippen molar-refractivity contribution in [1.82, 2.24) is 0 Å². The topological polar surface area (TPSA) is 0 Å². The van der Waals surface area contributed by atoms with Crippen LogP contribution in [0.4, 0.5) is 0 Å². The van der Waals surface area contributed by atoms with Gasteiger partial charge in [0.15, 0.2) is 0 Å². The molecule has 44 heavy (non-hydrogen) atoms. The lowest BCUT2D eigenvalue weighted by molar-refractivity contribution is 0.584. The van der Waals surface area contributed by atoms with Crippen molar-refractivity contribution in [3.8, 4) is 44.5 Å². The largest absolute Gasteiger partial charge is 0.0616 e. The van der Waals surface area contributed by atoms with Crippen LogP contribution in [0.25, 0.3) is 55.3 Å². The van der Waals surface area contributed by atoms with E-state index in [0.717, 1.165) is 0 Å². The van der Waals surface area contributed by atoms with Crippen molar-refractivity contribution >= 4 is 10.8 Å². The summed E-state index contributed by atoms with van der Waals surface area (Å²) in [6, 6.07) is 43.9. The zero-order valence-electron chi connectivity index (χ0n) is 27.0. The molecule has 0 spiro atoms. The van der Waals surface area contributed by atoms with E-state index in [1.807, 2.05) is 0 Å². The summed E-state index contributed by atoms with van der Waals surface area (Å²) >= 11 is 0. The second-order valence-corrected chi connectivity index (χ2v) is 15.1. The fraction of sp³-hybridized carbons (Fsp3) is 0.227. The molecule has 2 aliphatic carbocycles. The van der Waals surface area contributed by atoms with Crippen LogP contribution in [0.15, 0.2) is 115 Å². The highest BCUT2D eigenvalue weighted by Gasteiger charge is 2.38. The molecule has 0 fully saturated rings. The smallest absolute Gasteiger partial charge is 0.0159 e. The Morgan fingerprint density at radius 2 is 0.773 bits per heavy atom. The van der Waals surface area contributed by atoms with Crippen molar-refractivity contribution in [1.29, 1.82) is 0 Å². The summed E-state index contributed by atoms with van der Waals surface area (Å²) in [7, 11) is 0. The van der Waals surface area contributed by atoms with Crippen molar-refractivity contribution in [3.05, 3.63) is 143 Å². The minimum atomic E-state index is -0.0802. The minimum Gasteiger partial charge on any atom is -0.0616 e. The summed E-state index contributed by atoms with van der Waals surface area (Å²) in [6.45, 7) is 16.5. The van der Waals surface area contributed by atoms with Gasteiger partial charge < -0.3 is 0 Å². The van der Waals surface area contributed by atoms with Crippen molar-refractivity contribution < 1.29 is 0 Å². The average molecular weight is 569 g/mol. The van der Waals surface area contributed by atoms with Crippen LogP contribution in [0.3, 0.4) is 0 Å². The first-order valence-corrected chi connectivity index (χ1v) is 16.0. The summed E-state index contributed by atoms with van der Waals surface area (Å²) < 4.78 is 0. The van der Waals surface area contributed by atoms with E-state index in [4.69, 9.17) is 0 Å². The van der Waals surface area contributed by atoms with E-state index >= 15 is 0 Å². The lowest BCUT2D eigenvalue weighted by atomic mass is 9.78. The van der Waals surface area contributed by atoms with Crippen LogP contribution in [0.1, 0.15) is 76.3 Å². The third-order valence-corrected chi connectivity index (χ3v) is 10.6. The highest BCUT2D eigenvalue weighted by Crippen LogP contribution is 2.53. The molecule has 6 aromatic carbocycles. The Labute approximate surface area is 262 Å². The third-order valence-electron chi connectivity index (χ3n) is 10.6. The lowest BCUT2D eigenvalue weighted by Crippen LogP contribution is -2.17. The van der Waals surface area contributed by atoms with E-state index in [1.165, 1.54) is 83.1 Å². The fourth-order valence-corrected chi connectivity index (χ4v) is 7.85. The van der Waals surface area contributed by atoms with E-state index in [2.05, 4.69) is 164 Å². The van der Waals surface area contributed by atoms with Crippen LogP contribution < -0.4 is 0 Å². The van der Waals surface area contributed by atoms with Crippen molar-refractivity contribution in [2.75, 3.05) is 0 Å². The molecule has 0 aliphatic heterocycles. The van der Waals surface area contributed by atoms with Gasteiger partial charge in [0.05, 0.1) is 0 Å². The second-order valence-electron chi connectivity index (χ2n) is 15.1. The first-order chi connectivity index (χ1) is 20.9. The van der Waals surface area contributed by atoms with Gasteiger partial charge in [0.2, 0.25) is 0 Å². The third kappa shape index (κ3) is 3.90. The molecule has 0 aromatic heterocycles. The highest BCUT2D eigenvalue weighted by atomic mass is 14.4. The normalized spacial score (nSPS) is 15.5. The number of fused-ring (bicyclic) bond motifs is 7. The first kappa shape index (κ1) is 27.2. The van der Waals surface area contributed by atoms with Gasteiger partial charge in [-0.2, -0.15) is 0 Å². The maximum atomic E-state index is 2.46. The Morgan fingerprint density at radius 3 is 1.25 bits per heavy atom. The van der Waals surface area contributed by atoms with E-state index in [0.29, 0.717) is 0 Å². The summed E-state index contributed by atoms with van der Waals surface area (Å²) in [4.78, 5) is 0. The Morgan fingerprint density at radius 1 is 0.386 bits per heavy atom. The molecule has 0 heterocycles. The number of hydrogen-bond donors (Lipinski definition) is 0. The molecule has 216 valence electrons. The maximum Gasteiger partial charge on any atom is 0.0159 e. The molecular formula is C44H40. The maximum absolute atomic E-state index is 2.46. The van der Waals surface area contributed by atoms with Gasteiger partial charge in [-0.05, 0) is 113 Å². The molecule has 0 bridgehead atoms. The number of hydrogen-bond acceptors (Lipinski definition) is 0. The van der Waals surface area contributed by atoms with Crippen LogP contribution in [0, 0.1) is 0 Å². The van der Waals surface area contributed by atoms with Gasteiger partial charge in [0.1, 0.15) is 0 Å². The van der Waals surface area contributed by atoms with Gasteiger partial charge in [-0.3, -0.25) is 0 Å². The molecule has 6 aromatic rings. The van der Waals surface area contributed by atoms with Crippen LogP contribution in [0.2, 0.25) is 0 Å². The second kappa shape index (κ2) is 9.05. The summed E-state index contributed by atoms with van der Waals surface area (Å²) in [5.74, 6) is 0. The zero-order valence-corrected chi connectivity index (χ0v) is 27.0. The van der Waals surface area contributed by atoms with E-state index < -0.39 is 0 Å². The summed E-state index contributed by atoms with van der Waals surface area (Å²) in [5.41, 5.74) is 17.8. The number of benzene rings is 6. The first-order valence-electron chi connectivity index (χ1n) is 16.0. The quantitative estimate of drug-likeness (QED) is 0.195. The van der Waals surface area contributed by atoms with Crippen molar-refractivity contribution in [2.24, 2.45) is 0 Å². The predicted molar refractivity (Wildman–Crippen MR) is 189 cm³/mol.